The SMILES string of the molecule is O=C(NCCSc1ccc(Cl)cc1)Nc1cccc(N2CCNC2=O)c1. The van der Waals surface area contributed by atoms with E-state index in [1.165, 1.54) is 0 Å². The number of hydrogen-bond donors (Lipinski definition) is 3. The molecule has 0 unspecified atom stereocenters. The molecule has 0 saturated carbocycles. The number of hydrogen-bond acceptors (Lipinski definition) is 3. The van der Waals surface area contributed by atoms with Crippen molar-refractivity contribution in [3.63, 3.8) is 0 Å². The lowest BCUT2D eigenvalue weighted by atomic mass is 10.2. The van der Waals surface area contributed by atoms with Crippen LogP contribution < -0.4 is 20.9 Å². The van der Waals surface area contributed by atoms with E-state index in [-0.39, 0.29) is 12.1 Å². The highest BCUT2D eigenvalue weighted by Gasteiger charge is 2.21. The van der Waals surface area contributed by atoms with Gasteiger partial charge >= 0.3 is 12.1 Å². The van der Waals surface area contributed by atoms with Crippen LogP contribution >= 0.6 is 23.4 Å². The molecule has 26 heavy (non-hydrogen) atoms. The normalized spacial score (nSPS) is 13.4. The molecule has 1 aliphatic heterocycles. The lowest BCUT2D eigenvalue weighted by Gasteiger charge is -2.15. The van der Waals surface area contributed by atoms with E-state index in [4.69, 9.17) is 11.6 Å². The van der Waals surface area contributed by atoms with Crippen LogP contribution in [-0.4, -0.2) is 37.4 Å². The maximum absolute atomic E-state index is 12.0. The van der Waals surface area contributed by atoms with Gasteiger partial charge < -0.3 is 16.0 Å². The monoisotopic (exact) mass is 390 g/mol. The molecule has 1 saturated heterocycles. The van der Waals surface area contributed by atoms with Gasteiger partial charge in [-0.2, -0.15) is 0 Å². The van der Waals surface area contributed by atoms with Crippen LogP contribution in [0.15, 0.2) is 53.4 Å². The summed E-state index contributed by atoms with van der Waals surface area (Å²) in [6.45, 7) is 1.78. The first-order valence-corrected chi connectivity index (χ1v) is 9.57. The number of amides is 4. The number of anilines is 2. The first-order valence-electron chi connectivity index (χ1n) is 8.20. The quantitative estimate of drug-likeness (QED) is 0.519. The lowest BCUT2D eigenvalue weighted by Crippen LogP contribution is -2.31. The standard InChI is InChI=1S/C18H19ClN4O2S/c19-13-4-6-16(7-5-13)26-11-9-20-17(24)22-14-2-1-3-15(12-14)23-10-8-21-18(23)25/h1-7,12H,8-11H2,(H,21,25)(H2,20,22,24). The van der Waals surface area contributed by atoms with E-state index < -0.39 is 0 Å². The number of nitrogens with one attached hydrogen (secondary N) is 3. The number of nitrogens with zero attached hydrogens (tertiary/aromatic N) is 1. The average Bonchev–Trinajstić information content (AvgIpc) is 3.06. The first-order chi connectivity index (χ1) is 12.6. The Labute approximate surface area is 161 Å². The molecule has 6 nitrogen and oxygen atoms in total. The summed E-state index contributed by atoms with van der Waals surface area (Å²) in [6, 6.07) is 14.4. The van der Waals surface area contributed by atoms with Crippen molar-refractivity contribution >= 4 is 46.8 Å². The van der Waals surface area contributed by atoms with E-state index in [1.54, 1.807) is 28.8 Å². The number of carbonyl (C=O) groups is 2. The van der Waals surface area contributed by atoms with Gasteiger partial charge in [-0.3, -0.25) is 4.90 Å². The van der Waals surface area contributed by atoms with E-state index in [2.05, 4.69) is 16.0 Å². The zero-order valence-corrected chi connectivity index (χ0v) is 15.6. The van der Waals surface area contributed by atoms with Crippen LogP contribution in [0.1, 0.15) is 0 Å². The van der Waals surface area contributed by atoms with Crippen LogP contribution in [0, 0.1) is 0 Å². The van der Waals surface area contributed by atoms with Crippen molar-refractivity contribution in [3.8, 4) is 0 Å². The molecular formula is C18H19ClN4O2S. The second kappa shape index (κ2) is 8.82. The van der Waals surface area contributed by atoms with Crippen molar-refractivity contribution in [2.75, 3.05) is 35.6 Å². The largest absolute Gasteiger partial charge is 0.337 e. The highest BCUT2D eigenvalue weighted by molar-refractivity contribution is 7.99. The maximum atomic E-state index is 12.0. The number of rotatable bonds is 6. The molecule has 1 heterocycles. The van der Waals surface area contributed by atoms with Crippen LogP contribution in [-0.2, 0) is 0 Å². The molecule has 0 spiro atoms. The van der Waals surface area contributed by atoms with Crippen molar-refractivity contribution in [3.05, 3.63) is 53.6 Å². The molecule has 3 rings (SSSR count). The molecule has 0 bridgehead atoms. The summed E-state index contributed by atoms with van der Waals surface area (Å²) in [7, 11) is 0. The van der Waals surface area contributed by atoms with Gasteiger partial charge in [0.25, 0.3) is 0 Å². The summed E-state index contributed by atoms with van der Waals surface area (Å²) in [5.41, 5.74) is 1.40. The minimum atomic E-state index is -0.273. The second-order valence-electron chi connectivity index (χ2n) is 5.62. The summed E-state index contributed by atoms with van der Waals surface area (Å²) < 4.78 is 0. The predicted octanol–water partition coefficient (Wildman–Crippen LogP) is 3.78. The molecular weight excluding hydrogens is 372 g/mol. The topological polar surface area (TPSA) is 73.5 Å². The van der Waals surface area contributed by atoms with Crippen molar-refractivity contribution in [2.45, 2.75) is 4.90 Å². The Bertz CT molecular complexity index is 785. The molecule has 136 valence electrons. The Morgan fingerprint density at radius 3 is 2.77 bits per heavy atom. The van der Waals surface area contributed by atoms with Crippen LogP contribution in [0.2, 0.25) is 5.02 Å². The van der Waals surface area contributed by atoms with E-state index in [0.29, 0.717) is 30.3 Å². The van der Waals surface area contributed by atoms with Gasteiger partial charge in [0.2, 0.25) is 0 Å². The third kappa shape index (κ3) is 5.06. The maximum Gasteiger partial charge on any atom is 0.321 e. The van der Waals surface area contributed by atoms with E-state index in [9.17, 15) is 9.59 Å². The van der Waals surface area contributed by atoms with Gasteiger partial charge in [-0.1, -0.05) is 17.7 Å². The Morgan fingerprint density at radius 1 is 1.23 bits per heavy atom. The molecule has 1 aliphatic rings. The molecule has 0 aliphatic carbocycles. The molecule has 0 atom stereocenters. The fourth-order valence-electron chi connectivity index (χ4n) is 2.51. The van der Waals surface area contributed by atoms with Crippen LogP contribution in [0.5, 0.6) is 0 Å². The zero-order chi connectivity index (χ0) is 18.4. The Balaban J connectivity index is 1.44. The van der Waals surface area contributed by atoms with Gasteiger partial charge in [0.05, 0.1) is 0 Å². The second-order valence-corrected chi connectivity index (χ2v) is 7.22. The third-order valence-corrected chi connectivity index (χ3v) is 5.01. The van der Waals surface area contributed by atoms with Gasteiger partial charge in [0.1, 0.15) is 0 Å². The van der Waals surface area contributed by atoms with E-state index in [0.717, 1.165) is 16.3 Å². The summed E-state index contributed by atoms with van der Waals surface area (Å²) in [5.74, 6) is 0.753. The molecule has 2 aromatic rings. The Kier molecular flexibility index (Phi) is 6.25. The van der Waals surface area contributed by atoms with Crippen molar-refractivity contribution in [2.24, 2.45) is 0 Å². The van der Waals surface area contributed by atoms with Crippen molar-refractivity contribution in [1.82, 2.24) is 10.6 Å². The smallest absolute Gasteiger partial charge is 0.321 e. The van der Waals surface area contributed by atoms with Crippen LogP contribution in [0.25, 0.3) is 0 Å². The van der Waals surface area contributed by atoms with Gasteiger partial charge in [0, 0.05) is 46.7 Å². The van der Waals surface area contributed by atoms with Crippen LogP contribution in [0.3, 0.4) is 0 Å². The van der Waals surface area contributed by atoms with Gasteiger partial charge in [-0.25, -0.2) is 9.59 Å². The Hall–Kier alpha value is -2.38. The average molecular weight is 391 g/mol. The minimum Gasteiger partial charge on any atom is -0.337 e. The number of halogens is 1. The third-order valence-electron chi connectivity index (χ3n) is 3.74. The summed E-state index contributed by atoms with van der Waals surface area (Å²) >= 11 is 7.50. The summed E-state index contributed by atoms with van der Waals surface area (Å²) in [6.07, 6.45) is 0. The predicted molar refractivity (Wildman–Crippen MR) is 106 cm³/mol. The van der Waals surface area contributed by atoms with Gasteiger partial charge in [-0.05, 0) is 42.5 Å². The fraction of sp³-hybridized carbons (Fsp3) is 0.222. The van der Waals surface area contributed by atoms with Gasteiger partial charge in [-0.15, -0.1) is 11.8 Å². The molecule has 2 aromatic carbocycles. The molecule has 4 amide bonds. The highest BCUT2D eigenvalue weighted by Crippen LogP contribution is 2.21. The summed E-state index contributed by atoms with van der Waals surface area (Å²) in [4.78, 5) is 26.5. The summed E-state index contributed by atoms with van der Waals surface area (Å²) in [5, 5.41) is 9.08. The van der Waals surface area contributed by atoms with Crippen molar-refractivity contribution < 1.29 is 9.59 Å². The van der Waals surface area contributed by atoms with E-state index >= 15 is 0 Å². The molecule has 0 aromatic heterocycles. The zero-order valence-electron chi connectivity index (χ0n) is 14.0. The molecule has 1 fully saturated rings. The molecule has 8 heteroatoms. The van der Waals surface area contributed by atoms with Gasteiger partial charge in [0.15, 0.2) is 0 Å². The van der Waals surface area contributed by atoms with Crippen molar-refractivity contribution in [1.29, 1.82) is 0 Å². The molecule has 0 radical (unpaired) electrons. The van der Waals surface area contributed by atoms with E-state index in [1.807, 2.05) is 36.4 Å². The fourth-order valence-corrected chi connectivity index (χ4v) is 3.40. The van der Waals surface area contributed by atoms with Crippen LogP contribution in [0.4, 0.5) is 21.0 Å². The Morgan fingerprint density at radius 2 is 2.04 bits per heavy atom. The lowest BCUT2D eigenvalue weighted by molar-refractivity contribution is 0.251. The minimum absolute atomic E-state index is 0.120. The number of carbonyl (C=O) groups excluding carboxylic acids is 2. The first kappa shape index (κ1) is 18.4. The number of urea groups is 2. The number of thioether (sulfide) groups is 1. The highest BCUT2D eigenvalue weighted by atomic mass is 35.5. The molecule has 3 N–H and O–H groups in total. The number of benzene rings is 2.